The Bertz CT molecular complexity index is 246. The summed E-state index contributed by atoms with van der Waals surface area (Å²) in [5.74, 6) is 0.0786. The fourth-order valence-corrected chi connectivity index (χ4v) is 1.48. The van der Waals surface area contributed by atoms with Crippen molar-refractivity contribution < 1.29 is 9.53 Å². The van der Waals surface area contributed by atoms with Crippen LogP contribution in [-0.4, -0.2) is 18.6 Å². The molecule has 1 rings (SSSR count). The van der Waals surface area contributed by atoms with E-state index in [-0.39, 0.29) is 5.97 Å². The lowest BCUT2D eigenvalue weighted by atomic mass is 9.94. The first kappa shape index (κ1) is 11.0. The van der Waals surface area contributed by atoms with Crippen molar-refractivity contribution in [3.63, 3.8) is 0 Å². The van der Waals surface area contributed by atoms with Crippen LogP contribution in [0.3, 0.4) is 0 Å². The minimum Gasteiger partial charge on any atom is -0.465 e. The van der Waals surface area contributed by atoms with Crippen LogP contribution in [0.5, 0.6) is 0 Å². The second-order valence-corrected chi connectivity index (χ2v) is 3.40. The molecule has 0 bridgehead atoms. The Hall–Kier alpha value is -1.09. The Morgan fingerprint density at radius 1 is 1.64 bits per heavy atom. The molecule has 14 heavy (non-hydrogen) atoms. The smallest absolute Gasteiger partial charge is 0.322 e. The van der Waals surface area contributed by atoms with Gasteiger partial charge in [-0.05, 0) is 25.7 Å². The molecule has 0 heterocycles. The molecule has 2 N–H and O–H groups in total. The highest BCUT2D eigenvalue weighted by Crippen LogP contribution is 2.17. The van der Waals surface area contributed by atoms with Gasteiger partial charge in [0.25, 0.3) is 0 Å². The predicted molar refractivity (Wildman–Crippen MR) is 55.6 cm³/mol. The van der Waals surface area contributed by atoms with Gasteiger partial charge in [-0.15, -0.1) is 0 Å². The summed E-state index contributed by atoms with van der Waals surface area (Å²) in [5.41, 5.74) is 5.70. The highest BCUT2D eigenvalue weighted by Gasteiger charge is 2.18. The Kier molecular flexibility index (Phi) is 4.40. The molecule has 0 aliphatic heterocycles. The van der Waals surface area contributed by atoms with Gasteiger partial charge in [-0.25, -0.2) is 0 Å². The van der Waals surface area contributed by atoms with Crippen LogP contribution in [0.2, 0.25) is 0 Å². The monoisotopic (exact) mass is 195 g/mol. The molecule has 0 fully saturated rings. The normalized spacial score (nSPS) is 22.0. The standard InChI is InChI=1S/C11H17NO2/c1-2-14-11(13)10(12)8-9-6-4-3-5-7-9/h3-6,9-10H,2,7-8,12H2,1H3/t9?,10-/m1/s1. The van der Waals surface area contributed by atoms with E-state index < -0.39 is 6.04 Å². The molecule has 1 aliphatic carbocycles. The van der Waals surface area contributed by atoms with Gasteiger partial charge in [-0.3, -0.25) is 4.79 Å². The molecule has 0 amide bonds. The summed E-state index contributed by atoms with van der Waals surface area (Å²) in [5, 5.41) is 0. The zero-order chi connectivity index (χ0) is 10.4. The van der Waals surface area contributed by atoms with Gasteiger partial charge in [0.2, 0.25) is 0 Å². The summed E-state index contributed by atoms with van der Waals surface area (Å²) in [4.78, 5) is 11.2. The zero-order valence-corrected chi connectivity index (χ0v) is 8.48. The Balaban J connectivity index is 2.32. The fraction of sp³-hybridized carbons (Fsp3) is 0.545. The van der Waals surface area contributed by atoms with Crippen molar-refractivity contribution in [1.82, 2.24) is 0 Å². The van der Waals surface area contributed by atoms with Gasteiger partial charge in [-0.1, -0.05) is 24.3 Å². The van der Waals surface area contributed by atoms with E-state index in [1.54, 1.807) is 6.92 Å². The molecule has 2 atom stereocenters. The first-order valence-corrected chi connectivity index (χ1v) is 4.99. The van der Waals surface area contributed by atoms with Crippen molar-refractivity contribution in [2.24, 2.45) is 11.7 Å². The van der Waals surface area contributed by atoms with E-state index in [0.717, 1.165) is 6.42 Å². The highest BCUT2D eigenvalue weighted by molar-refractivity contribution is 5.75. The fourth-order valence-electron chi connectivity index (χ4n) is 1.48. The number of carbonyl (C=O) groups is 1. The van der Waals surface area contributed by atoms with Crippen LogP contribution in [-0.2, 0) is 9.53 Å². The molecule has 1 aliphatic rings. The van der Waals surface area contributed by atoms with E-state index in [9.17, 15) is 4.79 Å². The molecular weight excluding hydrogens is 178 g/mol. The van der Waals surface area contributed by atoms with E-state index in [4.69, 9.17) is 10.5 Å². The number of carbonyl (C=O) groups excluding carboxylic acids is 1. The predicted octanol–water partition coefficient (Wildman–Crippen LogP) is 1.40. The molecule has 0 aromatic heterocycles. The van der Waals surface area contributed by atoms with Crippen LogP contribution < -0.4 is 5.73 Å². The number of hydrogen-bond acceptors (Lipinski definition) is 3. The molecule has 0 spiro atoms. The summed E-state index contributed by atoms with van der Waals surface area (Å²) < 4.78 is 4.84. The molecule has 0 saturated carbocycles. The average Bonchev–Trinajstić information content (AvgIpc) is 2.19. The van der Waals surface area contributed by atoms with Crippen LogP contribution in [0.25, 0.3) is 0 Å². The van der Waals surface area contributed by atoms with Crippen LogP contribution in [0.4, 0.5) is 0 Å². The van der Waals surface area contributed by atoms with Crippen molar-refractivity contribution >= 4 is 5.97 Å². The first-order valence-electron chi connectivity index (χ1n) is 4.99. The van der Waals surface area contributed by atoms with Gasteiger partial charge in [0.15, 0.2) is 0 Å². The minimum atomic E-state index is -0.490. The van der Waals surface area contributed by atoms with Gasteiger partial charge < -0.3 is 10.5 Å². The lowest BCUT2D eigenvalue weighted by Crippen LogP contribution is -2.34. The first-order chi connectivity index (χ1) is 6.74. The second kappa shape index (κ2) is 5.60. The summed E-state index contributed by atoms with van der Waals surface area (Å²) in [7, 11) is 0. The van der Waals surface area contributed by atoms with E-state index in [2.05, 4.69) is 12.2 Å². The maximum Gasteiger partial charge on any atom is 0.322 e. The molecular formula is C11H17NO2. The van der Waals surface area contributed by atoms with E-state index in [0.29, 0.717) is 18.9 Å². The summed E-state index contributed by atoms with van der Waals surface area (Å²) >= 11 is 0. The number of ether oxygens (including phenoxy) is 1. The lowest BCUT2D eigenvalue weighted by Gasteiger charge is -2.16. The van der Waals surface area contributed by atoms with Crippen molar-refractivity contribution in [2.45, 2.75) is 25.8 Å². The van der Waals surface area contributed by atoms with Gasteiger partial charge in [0, 0.05) is 0 Å². The van der Waals surface area contributed by atoms with Gasteiger partial charge >= 0.3 is 5.97 Å². The third-order valence-electron chi connectivity index (χ3n) is 2.22. The van der Waals surface area contributed by atoms with E-state index >= 15 is 0 Å². The van der Waals surface area contributed by atoms with Crippen molar-refractivity contribution in [1.29, 1.82) is 0 Å². The van der Waals surface area contributed by atoms with Crippen molar-refractivity contribution in [3.05, 3.63) is 24.3 Å². The van der Waals surface area contributed by atoms with Crippen LogP contribution in [0, 0.1) is 5.92 Å². The quantitative estimate of drug-likeness (QED) is 0.690. The molecule has 3 heteroatoms. The Morgan fingerprint density at radius 3 is 3.00 bits per heavy atom. The molecule has 1 unspecified atom stereocenters. The van der Waals surface area contributed by atoms with E-state index in [1.807, 2.05) is 12.2 Å². The molecule has 3 nitrogen and oxygen atoms in total. The second-order valence-electron chi connectivity index (χ2n) is 3.40. The molecule has 0 aromatic carbocycles. The maximum absolute atomic E-state index is 11.2. The summed E-state index contributed by atoms with van der Waals surface area (Å²) in [6.07, 6.45) is 9.79. The van der Waals surface area contributed by atoms with Crippen molar-refractivity contribution in [2.75, 3.05) is 6.61 Å². The Labute approximate surface area is 84.6 Å². The number of nitrogens with two attached hydrogens (primary N) is 1. The third kappa shape index (κ3) is 3.34. The van der Waals surface area contributed by atoms with E-state index in [1.165, 1.54) is 0 Å². The Morgan fingerprint density at radius 2 is 2.43 bits per heavy atom. The number of allylic oxidation sites excluding steroid dienone is 4. The average molecular weight is 195 g/mol. The zero-order valence-electron chi connectivity index (χ0n) is 8.48. The highest BCUT2D eigenvalue weighted by atomic mass is 16.5. The van der Waals surface area contributed by atoms with Gasteiger partial charge in [-0.2, -0.15) is 0 Å². The minimum absolute atomic E-state index is 0.296. The van der Waals surface area contributed by atoms with Crippen LogP contribution in [0.15, 0.2) is 24.3 Å². The molecule has 78 valence electrons. The topological polar surface area (TPSA) is 52.3 Å². The molecule has 0 aromatic rings. The number of rotatable bonds is 4. The third-order valence-corrected chi connectivity index (χ3v) is 2.22. The number of hydrogen-bond donors (Lipinski definition) is 1. The van der Waals surface area contributed by atoms with Gasteiger partial charge in [0.1, 0.15) is 6.04 Å². The largest absolute Gasteiger partial charge is 0.465 e. The van der Waals surface area contributed by atoms with Crippen molar-refractivity contribution in [3.8, 4) is 0 Å². The maximum atomic E-state index is 11.2. The number of esters is 1. The lowest BCUT2D eigenvalue weighted by molar-refractivity contribution is -0.145. The SMILES string of the molecule is CCOC(=O)[C@H](N)CC1C=CC=CC1. The van der Waals surface area contributed by atoms with Crippen LogP contribution in [0.1, 0.15) is 19.8 Å². The molecule has 0 radical (unpaired) electrons. The summed E-state index contributed by atoms with van der Waals surface area (Å²) in [6.45, 7) is 2.18. The molecule has 0 saturated heterocycles. The van der Waals surface area contributed by atoms with Crippen LogP contribution >= 0.6 is 0 Å². The van der Waals surface area contributed by atoms with Gasteiger partial charge in [0.05, 0.1) is 6.61 Å². The summed E-state index contributed by atoms with van der Waals surface area (Å²) in [6, 6.07) is -0.490.